The number of rotatable bonds is 4. The third-order valence-corrected chi connectivity index (χ3v) is 2.84. The zero-order valence-electron chi connectivity index (χ0n) is 10.4. The molecule has 18 heavy (non-hydrogen) atoms. The summed E-state index contributed by atoms with van der Waals surface area (Å²) in [6.45, 7) is 0.272. The highest BCUT2D eigenvalue weighted by molar-refractivity contribution is 5.98. The summed E-state index contributed by atoms with van der Waals surface area (Å²) in [5.41, 5.74) is 1.39. The van der Waals surface area contributed by atoms with Crippen LogP contribution < -0.4 is 4.74 Å². The highest BCUT2D eigenvalue weighted by atomic mass is 16.5. The van der Waals surface area contributed by atoms with Crippen LogP contribution in [0.4, 0.5) is 0 Å². The van der Waals surface area contributed by atoms with Crippen LogP contribution in [0.2, 0.25) is 0 Å². The molecule has 0 saturated carbocycles. The first-order valence-electron chi connectivity index (χ1n) is 5.69. The van der Waals surface area contributed by atoms with Crippen LogP contribution in [-0.2, 0) is 0 Å². The predicted octanol–water partition coefficient (Wildman–Crippen LogP) is 1.24. The smallest absolute Gasteiger partial charge is 0.270 e. The molecule has 5 nitrogen and oxygen atoms in total. The fourth-order valence-corrected chi connectivity index (χ4v) is 1.81. The molecule has 0 bridgehead atoms. The topological polar surface area (TPSA) is 65.6 Å². The summed E-state index contributed by atoms with van der Waals surface area (Å²) in [5.74, 6) is 0.614. The van der Waals surface area contributed by atoms with Crippen LogP contribution in [-0.4, -0.2) is 48.2 Å². The number of nitrogens with zero attached hydrogens (tertiary/aromatic N) is 1. The molecule has 0 radical (unpaired) electrons. The molecular weight excluding hydrogens is 232 g/mol. The number of methoxy groups -OCH3 is 1. The van der Waals surface area contributed by atoms with E-state index in [9.17, 15) is 4.79 Å². The average Bonchev–Trinajstić information content (AvgIpc) is 2.80. The summed E-state index contributed by atoms with van der Waals surface area (Å²) in [7, 11) is 3.26. The third kappa shape index (κ3) is 2.31. The Bertz CT molecular complexity index is 562. The minimum Gasteiger partial charge on any atom is -0.497 e. The van der Waals surface area contributed by atoms with E-state index >= 15 is 0 Å². The van der Waals surface area contributed by atoms with E-state index in [-0.39, 0.29) is 12.5 Å². The van der Waals surface area contributed by atoms with Crippen LogP contribution in [0.3, 0.4) is 0 Å². The number of nitrogens with one attached hydrogen (secondary N) is 1. The fourth-order valence-electron chi connectivity index (χ4n) is 1.81. The fraction of sp³-hybridized carbons (Fsp3) is 0.308. The number of aliphatic hydroxyl groups excluding tert-OH is 1. The lowest BCUT2D eigenvalue weighted by molar-refractivity contribution is 0.0762. The Balaban J connectivity index is 2.32. The Hall–Kier alpha value is -2.01. The van der Waals surface area contributed by atoms with Gasteiger partial charge in [-0.15, -0.1) is 0 Å². The van der Waals surface area contributed by atoms with E-state index in [0.717, 1.165) is 16.7 Å². The number of likely N-dealkylation sites (N-methyl/N-ethyl adjacent to an activating group) is 1. The van der Waals surface area contributed by atoms with Gasteiger partial charge in [0.25, 0.3) is 5.91 Å². The lowest BCUT2D eigenvalue weighted by Gasteiger charge is -2.13. The van der Waals surface area contributed by atoms with Gasteiger partial charge in [-0.05, 0) is 24.3 Å². The normalized spacial score (nSPS) is 10.6. The molecule has 1 aromatic carbocycles. The number of H-pyrrole nitrogens is 1. The summed E-state index contributed by atoms with van der Waals surface area (Å²) in [6, 6.07) is 7.37. The summed E-state index contributed by atoms with van der Waals surface area (Å²) < 4.78 is 5.14. The van der Waals surface area contributed by atoms with Crippen LogP contribution in [0, 0.1) is 0 Å². The molecule has 0 aliphatic carbocycles. The van der Waals surface area contributed by atoms with Crippen LogP contribution in [0.5, 0.6) is 5.75 Å². The number of ether oxygens (including phenoxy) is 1. The number of carbonyl (C=O) groups is 1. The van der Waals surface area contributed by atoms with Crippen LogP contribution in [0.15, 0.2) is 24.3 Å². The van der Waals surface area contributed by atoms with Gasteiger partial charge in [-0.1, -0.05) is 0 Å². The number of carbonyl (C=O) groups excluding carboxylic acids is 1. The van der Waals surface area contributed by atoms with E-state index in [2.05, 4.69) is 4.98 Å². The number of aliphatic hydroxyl groups is 1. The second-order valence-electron chi connectivity index (χ2n) is 4.09. The van der Waals surface area contributed by atoms with Crippen LogP contribution >= 0.6 is 0 Å². The first-order valence-corrected chi connectivity index (χ1v) is 5.69. The predicted molar refractivity (Wildman–Crippen MR) is 68.9 cm³/mol. The van der Waals surface area contributed by atoms with Crippen molar-refractivity contribution in [3.05, 3.63) is 30.0 Å². The molecule has 1 amide bonds. The van der Waals surface area contributed by atoms with Gasteiger partial charge in [-0.25, -0.2) is 0 Å². The van der Waals surface area contributed by atoms with E-state index in [1.807, 2.05) is 18.2 Å². The molecule has 1 aromatic heterocycles. The van der Waals surface area contributed by atoms with Gasteiger partial charge in [0.05, 0.1) is 13.7 Å². The Morgan fingerprint density at radius 3 is 2.89 bits per heavy atom. The van der Waals surface area contributed by atoms with Crippen molar-refractivity contribution < 1.29 is 14.6 Å². The maximum Gasteiger partial charge on any atom is 0.270 e. The molecule has 0 aliphatic rings. The number of benzene rings is 1. The van der Waals surface area contributed by atoms with Crippen molar-refractivity contribution >= 4 is 16.8 Å². The molecule has 0 unspecified atom stereocenters. The lowest BCUT2D eigenvalue weighted by atomic mass is 10.2. The molecule has 2 N–H and O–H groups in total. The molecule has 0 aliphatic heterocycles. The number of hydrogen-bond donors (Lipinski definition) is 2. The van der Waals surface area contributed by atoms with Gasteiger partial charge in [0.1, 0.15) is 11.4 Å². The summed E-state index contributed by atoms with van der Waals surface area (Å²) in [6.07, 6.45) is 0. The highest BCUT2D eigenvalue weighted by Gasteiger charge is 2.13. The monoisotopic (exact) mass is 248 g/mol. The van der Waals surface area contributed by atoms with E-state index < -0.39 is 0 Å². The zero-order chi connectivity index (χ0) is 13.1. The van der Waals surface area contributed by atoms with Crippen molar-refractivity contribution in [3.8, 4) is 5.75 Å². The Morgan fingerprint density at radius 1 is 1.44 bits per heavy atom. The van der Waals surface area contributed by atoms with Crippen molar-refractivity contribution in [3.63, 3.8) is 0 Å². The second kappa shape index (κ2) is 5.10. The van der Waals surface area contributed by atoms with Gasteiger partial charge in [-0.2, -0.15) is 0 Å². The second-order valence-corrected chi connectivity index (χ2v) is 4.09. The molecule has 0 fully saturated rings. The number of amides is 1. The minimum absolute atomic E-state index is 0.0453. The van der Waals surface area contributed by atoms with Gasteiger partial charge in [0, 0.05) is 24.5 Å². The van der Waals surface area contributed by atoms with Gasteiger partial charge in [0.2, 0.25) is 0 Å². The van der Waals surface area contributed by atoms with Crippen molar-refractivity contribution in [1.82, 2.24) is 9.88 Å². The van der Waals surface area contributed by atoms with Crippen LogP contribution in [0.1, 0.15) is 10.5 Å². The Labute approximate surface area is 105 Å². The molecule has 96 valence electrons. The largest absolute Gasteiger partial charge is 0.497 e. The van der Waals surface area contributed by atoms with Gasteiger partial charge in [-0.3, -0.25) is 4.79 Å². The van der Waals surface area contributed by atoms with Crippen molar-refractivity contribution in [2.45, 2.75) is 0 Å². The molecule has 0 spiro atoms. The van der Waals surface area contributed by atoms with E-state index in [0.29, 0.717) is 12.2 Å². The number of fused-ring (bicyclic) bond motifs is 1. The van der Waals surface area contributed by atoms with Gasteiger partial charge < -0.3 is 19.7 Å². The Kier molecular flexibility index (Phi) is 3.53. The Morgan fingerprint density at radius 2 is 2.22 bits per heavy atom. The summed E-state index contributed by atoms with van der Waals surface area (Å²) >= 11 is 0. The zero-order valence-corrected chi connectivity index (χ0v) is 10.4. The molecule has 0 saturated heterocycles. The van der Waals surface area contributed by atoms with Crippen molar-refractivity contribution in [2.24, 2.45) is 0 Å². The van der Waals surface area contributed by atoms with E-state index in [4.69, 9.17) is 9.84 Å². The minimum atomic E-state index is -0.140. The van der Waals surface area contributed by atoms with Crippen LogP contribution in [0.25, 0.3) is 10.9 Å². The SMILES string of the molecule is COc1ccc2[nH]c(C(=O)N(C)CCO)cc2c1. The molecule has 2 rings (SSSR count). The molecular formula is C13H16N2O3. The van der Waals surface area contributed by atoms with Crippen molar-refractivity contribution in [2.75, 3.05) is 27.3 Å². The van der Waals surface area contributed by atoms with E-state index in [1.54, 1.807) is 20.2 Å². The molecule has 0 atom stereocenters. The summed E-state index contributed by atoms with van der Waals surface area (Å²) in [4.78, 5) is 16.5. The van der Waals surface area contributed by atoms with E-state index in [1.165, 1.54) is 4.90 Å². The number of hydrogen-bond acceptors (Lipinski definition) is 3. The van der Waals surface area contributed by atoms with Crippen molar-refractivity contribution in [1.29, 1.82) is 0 Å². The standard InChI is InChI=1S/C13H16N2O3/c1-15(5-6-16)13(17)12-8-9-7-10(18-2)3-4-11(9)14-12/h3-4,7-8,14,16H,5-6H2,1-2H3. The van der Waals surface area contributed by atoms with Gasteiger partial charge >= 0.3 is 0 Å². The quantitative estimate of drug-likeness (QED) is 0.855. The first-order chi connectivity index (χ1) is 8.65. The molecule has 1 heterocycles. The first kappa shape index (κ1) is 12.4. The third-order valence-electron chi connectivity index (χ3n) is 2.84. The molecule has 5 heteroatoms. The number of aromatic nitrogens is 1. The molecule has 2 aromatic rings. The maximum atomic E-state index is 12.0. The van der Waals surface area contributed by atoms with Gasteiger partial charge in [0.15, 0.2) is 0 Å². The average molecular weight is 248 g/mol. The number of aromatic amines is 1. The highest BCUT2D eigenvalue weighted by Crippen LogP contribution is 2.21. The maximum absolute atomic E-state index is 12.0. The lowest BCUT2D eigenvalue weighted by Crippen LogP contribution is -2.29. The summed E-state index contributed by atoms with van der Waals surface area (Å²) in [5, 5.41) is 9.75.